The van der Waals surface area contributed by atoms with Crippen LogP contribution in [0, 0.1) is 0 Å². The molecule has 4 nitrogen and oxygen atoms in total. The molecule has 90 valence electrons. The molecular formula is C12H13NO3S. The monoisotopic (exact) mass is 251 g/mol. The molecule has 0 saturated heterocycles. The molecule has 1 aromatic rings. The van der Waals surface area contributed by atoms with Crippen molar-refractivity contribution >= 4 is 29.3 Å². The van der Waals surface area contributed by atoms with Gasteiger partial charge in [-0.05, 0) is 30.5 Å². The number of nitrogens with zero attached hydrogens (tertiary/aromatic N) is 1. The Kier molecular flexibility index (Phi) is 4.78. The van der Waals surface area contributed by atoms with Crippen LogP contribution in [0.15, 0.2) is 41.3 Å². The van der Waals surface area contributed by atoms with Gasteiger partial charge in [0.15, 0.2) is 0 Å². The van der Waals surface area contributed by atoms with Gasteiger partial charge in [-0.2, -0.15) is 0 Å². The summed E-state index contributed by atoms with van der Waals surface area (Å²) in [5.74, 6) is -1.51. The van der Waals surface area contributed by atoms with Crippen LogP contribution >= 0.6 is 11.8 Å². The predicted octanol–water partition coefficient (Wildman–Crippen LogP) is 2.01. The van der Waals surface area contributed by atoms with Crippen molar-refractivity contribution in [2.24, 2.45) is 0 Å². The Hall–Kier alpha value is -1.75. The lowest BCUT2D eigenvalue weighted by Gasteiger charge is -2.15. The van der Waals surface area contributed by atoms with Gasteiger partial charge in [-0.25, -0.2) is 4.79 Å². The summed E-state index contributed by atoms with van der Waals surface area (Å²) < 4.78 is 0. The van der Waals surface area contributed by atoms with Crippen molar-refractivity contribution in [3.63, 3.8) is 0 Å². The molecule has 0 aliphatic carbocycles. The quantitative estimate of drug-likeness (QED) is 0.657. The van der Waals surface area contributed by atoms with E-state index in [9.17, 15) is 9.59 Å². The number of hydrogen-bond acceptors (Lipinski definition) is 3. The minimum atomic E-state index is -1.13. The molecule has 5 heteroatoms. The average molecular weight is 251 g/mol. The number of likely N-dealkylation sites (N-methyl/N-ethyl adjacent to an activating group) is 1. The van der Waals surface area contributed by atoms with Crippen LogP contribution in [0.1, 0.15) is 0 Å². The predicted molar refractivity (Wildman–Crippen MR) is 68.4 cm³/mol. The van der Waals surface area contributed by atoms with E-state index in [0.29, 0.717) is 0 Å². The molecule has 1 rings (SSSR count). The summed E-state index contributed by atoms with van der Waals surface area (Å²) in [4.78, 5) is 24.4. The summed E-state index contributed by atoms with van der Waals surface area (Å²) >= 11 is 1.62. The molecule has 0 aliphatic rings. The Morgan fingerprint density at radius 2 is 1.82 bits per heavy atom. The smallest absolute Gasteiger partial charge is 0.328 e. The van der Waals surface area contributed by atoms with E-state index < -0.39 is 5.97 Å². The molecule has 0 radical (unpaired) electrons. The Morgan fingerprint density at radius 1 is 1.24 bits per heavy atom. The number of carbonyl (C=O) groups is 2. The first-order valence-electron chi connectivity index (χ1n) is 4.87. The second kappa shape index (κ2) is 6.10. The van der Waals surface area contributed by atoms with Crippen molar-refractivity contribution in [1.82, 2.24) is 0 Å². The number of carboxylic acids is 1. The summed E-state index contributed by atoms with van der Waals surface area (Å²) in [5, 5.41) is 8.42. The zero-order valence-electron chi connectivity index (χ0n) is 9.58. The van der Waals surface area contributed by atoms with Gasteiger partial charge in [0.05, 0.1) is 0 Å². The van der Waals surface area contributed by atoms with Gasteiger partial charge in [0, 0.05) is 29.8 Å². The summed E-state index contributed by atoms with van der Waals surface area (Å²) in [5.41, 5.74) is 0.725. The van der Waals surface area contributed by atoms with Crippen molar-refractivity contribution < 1.29 is 14.7 Å². The minimum absolute atomic E-state index is 0.371. The third kappa shape index (κ3) is 3.96. The van der Waals surface area contributed by atoms with Crippen LogP contribution < -0.4 is 4.90 Å². The van der Waals surface area contributed by atoms with Crippen LogP contribution in [0.2, 0.25) is 0 Å². The molecule has 0 atom stereocenters. The normalized spacial score (nSPS) is 10.5. The molecule has 0 spiro atoms. The third-order valence-electron chi connectivity index (χ3n) is 2.16. The van der Waals surface area contributed by atoms with Crippen molar-refractivity contribution in [3.8, 4) is 0 Å². The maximum Gasteiger partial charge on any atom is 0.328 e. The van der Waals surface area contributed by atoms with Crippen LogP contribution in [0.25, 0.3) is 0 Å². The molecular weight excluding hydrogens is 238 g/mol. The molecule has 0 aliphatic heterocycles. The number of thioether (sulfide) groups is 1. The van der Waals surface area contributed by atoms with E-state index in [-0.39, 0.29) is 5.91 Å². The van der Waals surface area contributed by atoms with Gasteiger partial charge in [-0.15, -0.1) is 11.8 Å². The van der Waals surface area contributed by atoms with E-state index in [1.807, 2.05) is 30.5 Å². The van der Waals surface area contributed by atoms with Crippen LogP contribution in [0.4, 0.5) is 5.69 Å². The molecule has 0 saturated carbocycles. The van der Waals surface area contributed by atoms with Crippen molar-refractivity contribution in [3.05, 3.63) is 36.4 Å². The first kappa shape index (κ1) is 13.3. The standard InChI is InChI=1S/C12H13NO3S/c1-13(11(14)7-8-12(15)16)9-3-5-10(17-2)6-4-9/h3-8H,1-2H3,(H,15,16)/b8-7+. The molecule has 0 fully saturated rings. The van der Waals surface area contributed by atoms with Gasteiger partial charge in [-0.1, -0.05) is 0 Å². The van der Waals surface area contributed by atoms with Gasteiger partial charge in [0.25, 0.3) is 5.91 Å². The Morgan fingerprint density at radius 3 is 2.29 bits per heavy atom. The summed E-state index contributed by atoms with van der Waals surface area (Å²) in [6.07, 6.45) is 3.83. The van der Waals surface area contributed by atoms with Gasteiger partial charge >= 0.3 is 5.97 Å². The maximum absolute atomic E-state index is 11.6. The minimum Gasteiger partial charge on any atom is -0.478 e. The number of anilines is 1. The Bertz CT molecular complexity index is 440. The van der Waals surface area contributed by atoms with Gasteiger partial charge in [0.1, 0.15) is 0 Å². The van der Waals surface area contributed by atoms with Crippen LogP contribution in [-0.2, 0) is 9.59 Å². The topological polar surface area (TPSA) is 57.6 Å². The number of rotatable bonds is 4. The van der Waals surface area contributed by atoms with Gasteiger partial charge in [0.2, 0.25) is 0 Å². The number of aliphatic carboxylic acids is 1. The van der Waals surface area contributed by atoms with Gasteiger partial charge < -0.3 is 10.0 Å². The fourth-order valence-corrected chi connectivity index (χ4v) is 1.60. The lowest BCUT2D eigenvalue weighted by atomic mass is 10.3. The number of amides is 1. The Labute approximate surface area is 104 Å². The molecule has 17 heavy (non-hydrogen) atoms. The van der Waals surface area contributed by atoms with E-state index >= 15 is 0 Å². The Balaban J connectivity index is 2.77. The van der Waals surface area contributed by atoms with E-state index in [4.69, 9.17) is 5.11 Å². The van der Waals surface area contributed by atoms with Gasteiger partial charge in [-0.3, -0.25) is 4.79 Å². The van der Waals surface area contributed by atoms with E-state index in [1.165, 1.54) is 4.90 Å². The molecule has 0 unspecified atom stereocenters. The molecule has 1 amide bonds. The SMILES string of the molecule is CSc1ccc(N(C)C(=O)/C=C/C(=O)O)cc1. The van der Waals surface area contributed by atoms with Crippen LogP contribution in [0.3, 0.4) is 0 Å². The fourth-order valence-electron chi connectivity index (χ4n) is 1.19. The zero-order valence-corrected chi connectivity index (χ0v) is 10.4. The number of carboxylic acid groups (broad SMARTS) is 1. The molecule has 0 heterocycles. The highest BCUT2D eigenvalue weighted by molar-refractivity contribution is 7.98. The summed E-state index contributed by atoms with van der Waals surface area (Å²) in [7, 11) is 1.60. The fraction of sp³-hybridized carbons (Fsp3) is 0.167. The van der Waals surface area contributed by atoms with E-state index in [1.54, 1.807) is 18.8 Å². The second-order valence-electron chi connectivity index (χ2n) is 3.27. The lowest BCUT2D eigenvalue weighted by molar-refractivity contribution is -0.131. The average Bonchev–Trinajstić information content (AvgIpc) is 2.35. The lowest BCUT2D eigenvalue weighted by Crippen LogP contribution is -2.24. The highest BCUT2D eigenvalue weighted by Gasteiger charge is 2.07. The molecule has 0 aromatic heterocycles. The number of carbonyl (C=O) groups excluding carboxylic acids is 1. The van der Waals surface area contributed by atoms with Crippen molar-refractivity contribution in [2.75, 3.05) is 18.2 Å². The highest BCUT2D eigenvalue weighted by atomic mass is 32.2. The summed E-state index contributed by atoms with van der Waals surface area (Å²) in [6.45, 7) is 0. The second-order valence-corrected chi connectivity index (χ2v) is 4.15. The van der Waals surface area contributed by atoms with Crippen LogP contribution in [0.5, 0.6) is 0 Å². The highest BCUT2D eigenvalue weighted by Crippen LogP contribution is 2.19. The van der Waals surface area contributed by atoms with Crippen molar-refractivity contribution in [2.45, 2.75) is 4.90 Å². The first-order valence-corrected chi connectivity index (χ1v) is 6.10. The zero-order chi connectivity index (χ0) is 12.8. The first-order chi connectivity index (χ1) is 8.04. The van der Waals surface area contributed by atoms with E-state index in [2.05, 4.69) is 0 Å². The largest absolute Gasteiger partial charge is 0.478 e. The number of benzene rings is 1. The molecule has 0 bridgehead atoms. The van der Waals surface area contributed by atoms with Crippen LogP contribution in [-0.4, -0.2) is 30.3 Å². The number of hydrogen-bond donors (Lipinski definition) is 1. The van der Waals surface area contributed by atoms with Crippen molar-refractivity contribution in [1.29, 1.82) is 0 Å². The molecule has 1 aromatic carbocycles. The molecule has 1 N–H and O–H groups in total. The third-order valence-corrected chi connectivity index (χ3v) is 2.90. The maximum atomic E-state index is 11.6. The van der Waals surface area contributed by atoms with E-state index in [0.717, 1.165) is 22.7 Å². The summed E-state index contributed by atoms with van der Waals surface area (Å²) in [6, 6.07) is 7.45.